The fourth-order valence-corrected chi connectivity index (χ4v) is 6.08. The van der Waals surface area contributed by atoms with Gasteiger partial charge in [0.25, 0.3) is 0 Å². The SMILES string of the molecule is COc1cccc2c1O[C@@]1(C)C[C@H]2[C@@H](S(=O)(=O)c2ccc(C)cc2)C(=O)N1C. The van der Waals surface area contributed by atoms with Crippen LogP contribution in [0.4, 0.5) is 0 Å². The van der Waals surface area contributed by atoms with Crippen molar-refractivity contribution in [2.24, 2.45) is 0 Å². The van der Waals surface area contributed by atoms with Crippen LogP contribution in [0.1, 0.15) is 30.4 Å². The molecule has 2 aromatic rings. The zero-order valence-corrected chi connectivity index (χ0v) is 17.1. The summed E-state index contributed by atoms with van der Waals surface area (Å²) in [6.07, 6.45) is 0.394. The molecule has 0 radical (unpaired) electrons. The molecule has 3 atom stereocenters. The number of hydrogen-bond donors (Lipinski definition) is 0. The summed E-state index contributed by atoms with van der Waals surface area (Å²) in [5.41, 5.74) is 0.724. The maximum atomic E-state index is 13.5. The molecule has 1 amide bonds. The van der Waals surface area contributed by atoms with Crippen LogP contribution >= 0.6 is 0 Å². The molecule has 28 heavy (non-hydrogen) atoms. The van der Waals surface area contributed by atoms with E-state index >= 15 is 0 Å². The van der Waals surface area contributed by atoms with Crippen LogP contribution in [0.2, 0.25) is 0 Å². The molecule has 0 unspecified atom stereocenters. The minimum Gasteiger partial charge on any atom is -0.493 e. The lowest BCUT2D eigenvalue weighted by Crippen LogP contribution is -2.64. The number of nitrogens with zero attached hydrogens (tertiary/aromatic N) is 1. The van der Waals surface area contributed by atoms with Gasteiger partial charge in [0.2, 0.25) is 5.91 Å². The summed E-state index contributed by atoms with van der Waals surface area (Å²) in [7, 11) is -0.752. The van der Waals surface area contributed by atoms with Gasteiger partial charge in [0, 0.05) is 24.9 Å². The highest BCUT2D eigenvalue weighted by atomic mass is 32.2. The quantitative estimate of drug-likeness (QED) is 0.791. The Labute approximate surface area is 165 Å². The molecule has 7 heteroatoms. The normalized spacial score (nSPS) is 26.4. The minimum atomic E-state index is -3.89. The van der Waals surface area contributed by atoms with Crippen LogP contribution in [-0.2, 0) is 14.6 Å². The van der Waals surface area contributed by atoms with Gasteiger partial charge < -0.3 is 14.4 Å². The number of amides is 1. The van der Waals surface area contributed by atoms with Gasteiger partial charge in [0.1, 0.15) is 0 Å². The third-order valence-electron chi connectivity index (χ3n) is 5.88. The molecular weight excluding hydrogens is 378 g/mol. The lowest BCUT2D eigenvalue weighted by Gasteiger charge is -2.51. The fraction of sp³-hybridized carbons (Fsp3) is 0.381. The maximum absolute atomic E-state index is 13.5. The van der Waals surface area contributed by atoms with E-state index in [1.165, 1.54) is 4.90 Å². The Morgan fingerprint density at radius 1 is 1.18 bits per heavy atom. The van der Waals surface area contributed by atoms with E-state index in [9.17, 15) is 13.2 Å². The summed E-state index contributed by atoms with van der Waals surface area (Å²) in [5.74, 6) is 0.0708. The van der Waals surface area contributed by atoms with Gasteiger partial charge in [-0.05, 0) is 32.0 Å². The summed E-state index contributed by atoms with van der Waals surface area (Å²) < 4.78 is 38.6. The van der Waals surface area contributed by atoms with Crippen molar-refractivity contribution in [3.05, 3.63) is 53.6 Å². The summed E-state index contributed by atoms with van der Waals surface area (Å²) in [4.78, 5) is 14.8. The number of likely N-dealkylation sites (tertiary alicyclic amines) is 1. The van der Waals surface area contributed by atoms with Gasteiger partial charge in [-0.25, -0.2) is 8.42 Å². The lowest BCUT2D eigenvalue weighted by molar-refractivity contribution is -0.160. The smallest absolute Gasteiger partial charge is 0.244 e. The Kier molecular flexibility index (Phi) is 4.19. The molecule has 6 nitrogen and oxygen atoms in total. The van der Waals surface area contributed by atoms with Crippen LogP contribution in [-0.4, -0.2) is 44.4 Å². The third kappa shape index (κ3) is 2.60. The minimum absolute atomic E-state index is 0.157. The standard InChI is InChI=1S/C21H23NO5S/c1-13-8-10-14(11-9-13)28(24,25)19-16-12-21(2,22(3)20(19)23)27-18-15(16)6-5-7-17(18)26-4/h5-11,16,19H,12H2,1-4H3/t16-,19-,21+/m1/s1. The van der Waals surface area contributed by atoms with Crippen LogP contribution < -0.4 is 9.47 Å². The third-order valence-corrected chi connectivity index (χ3v) is 8.01. The summed E-state index contributed by atoms with van der Waals surface area (Å²) >= 11 is 0. The van der Waals surface area contributed by atoms with Gasteiger partial charge in [-0.1, -0.05) is 29.8 Å². The number of fused-ring (bicyclic) bond motifs is 4. The second-order valence-corrected chi connectivity index (χ2v) is 9.71. The van der Waals surface area contributed by atoms with Crippen molar-refractivity contribution < 1.29 is 22.7 Å². The Hall–Kier alpha value is -2.54. The van der Waals surface area contributed by atoms with Crippen LogP contribution in [0.5, 0.6) is 11.5 Å². The molecule has 2 aliphatic heterocycles. The average Bonchev–Trinajstić information content (AvgIpc) is 2.66. The zero-order chi connectivity index (χ0) is 20.3. The van der Waals surface area contributed by atoms with E-state index < -0.39 is 32.6 Å². The molecule has 2 bridgehead atoms. The molecule has 2 heterocycles. The number of aryl methyl sites for hydroxylation is 1. The van der Waals surface area contributed by atoms with Gasteiger partial charge >= 0.3 is 0 Å². The molecule has 1 fully saturated rings. The zero-order valence-electron chi connectivity index (χ0n) is 16.3. The Morgan fingerprint density at radius 3 is 2.50 bits per heavy atom. The topological polar surface area (TPSA) is 72.9 Å². The van der Waals surface area contributed by atoms with Crippen LogP contribution in [0.25, 0.3) is 0 Å². The Morgan fingerprint density at radius 2 is 1.86 bits per heavy atom. The number of hydrogen-bond acceptors (Lipinski definition) is 5. The molecule has 148 valence electrons. The number of benzene rings is 2. The van der Waals surface area contributed by atoms with Crippen molar-refractivity contribution in [3.8, 4) is 11.5 Å². The predicted molar refractivity (Wildman–Crippen MR) is 104 cm³/mol. The van der Waals surface area contributed by atoms with Crippen LogP contribution in [0.15, 0.2) is 47.4 Å². The first-order chi connectivity index (χ1) is 13.2. The fourth-order valence-electron chi connectivity index (χ4n) is 4.17. The first kappa shape index (κ1) is 18.8. The lowest BCUT2D eigenvalue weighted by atomic mass is 9.80. The molecule has 0 spiro atoms. The van der Waals surface area contributed by atoms with Crippen LogP contribution in [0.3, 0.4) is 0 Å². The predicted octanol–water partition coefficient (Wildman–Crippen LogP) is 2.90. The summed E-state index contributed by atoms with van der Waals surface area (Å²) in [5, 5.41) is -1.21. The number of carbonyl (C=O) groups excluding carboxylic acids is 1. The van der Waals surface area contributed by atoms with Gasteiger partial charge in [-0.15, -0.1) is 0 Å². The highest BCUT2D eigenvalue weighted by Gasteiger charge is 2.57. The molecule has 0 saturated carbocycles. The number of para-hydroxylation sites is 1. The van der Waals surface area contributed by atoms with Crippen molar-refractivity contribution in [2.45, 2.75) is 42.1 Å². The van der Waals surface area contributed by atoms with Crippen molar-refractivity contribution in [1.29, 1.82) is 0 Å². The maximum Gasteiger partial charge on any atom is 0.244 e. The van der Waals surface area contributed by atoms with E-state index in [2.05, 4.69) is 0 Å². The van der Waals surface area contributed by atoms with Crippen LogP contribution in [0, 0.1) is 6.92 Å². The van der Waals surface area contributed by atoms with Crippen molar-refractivity contribution in [2.75, 3.05) is 14.2 Å². The van der Waals surface area contributed by atoms with Gasteiger partial charge in [0.05, 0.1) is 12.0 Å². The second-order valence-electron chi connectivity index (χ2n) is 7.64. The molecule has 2 aliphatic rings. The van der Waals surface area contributed by atoms with E-state index in [0.29, 0.717) is 23.5 Å². The van der Waals surface area contributed by atoms with E-state index in [0.717, 1.165) is 5.56 Å². The number of ether oxygens (including phenoxy) is 2. The molecular formula is C21H23NO5S. The molecule has 4 rings (SSSR count). The van der Waals surface area contributed by atoms with Crippen molar-refractivity contribution in [3.63, 3.8) is 0 Å². The van der Waals surface area contributed by atoms with Gasteiger partial charge in [-0.3, -0.25) is 4.79 Å². The van der Waals surface area contributed by atoms with E-state index in [1.54, 1.807) is 50.6 Å². The summed E-state index contributed by atoms with van der Waals surface area (Å²) in [6, 6.07) is 12.0. The highest BCUT2D eigenvalue weighted by Crippen LogP contribution is 2.52. The van der Waals surface area contributed by atoms with Gasteiger partial charge in [-0.2, -0.15) is 0 Å². The first-order valence-corrected chi connectivity index (χ1v) is 10.7. The molecule has 1 saturated heterocycles. The van der Waals surface area contributed by atoms with Crippen molar-refractivity contribution >= 4 is 15.7 Å². The van der Waals surface area contributed by atoms with E-state index in [4.69, 9.17) is 9.47 Å². The highest BCUT2D eigenvalue weighted by molar-refractivity contribution is 7.92. The number of methoxy groups -OCH3 is 1. The monoisotopic (exact) mass is 401 g/mol. The number of sulfone groups is 1. The molecule has 2 aromatic carbocycles. The molecule has 0 N–H and O–H groups in total. The van der Waals surface area contributed by atoms with E-state index in [1.807, 2.05) is 19.9 Å². The number of carbonyl (C=O) groups is 1. The van der Waals surface area contributed by atoms with Gasteiger partial charge in [0.15, 0.2) is 32.3 Å². The molecule has 0 aromatic heterocycles. The molecule has 0 aliphatic carbocycles. The van der Waals surface area contributed by atoms with Crippen molar-refractivity contribution in [1.82, 2.24) is 4.90 Å². The Balaban J connectivity index is 1.91. The largest absolute Gasteiger partial charge is 0.493 e. The number of piperidine rings is 1. The summed E-state index contributed by atoms with van der Waals surface area (Å²) in [6.45, 7) is 3.70. The van der Waals surface area contributed by atoms with E-state index in [-0.39, 0.29) is 4.90 Å². The number of rotatable bonds is 3. The average molecular weight is 401 g/mol. The first-order valence-electron chi connectivity index (χ1n) is 9.13. The Bertz CT molecular complexity index is 1050. The second kappa shape index (κ2) is 6.24.